The lowest BCUT2D eigenvalue weighted by Crippen LogP contribution is -2.47. The van der Waals surface area contributed by atoms with Crippen LogP contribution in [-0.2, 0) is 9.96 Å². The SMILES string of the molecule is CC(C)(CO[Si](C)(C)C(C)(C)C)n1cc(NC(=O)O)ccc1=O. The van der Waals surface area contributed by atoms with Gasteiger partial charge in [0.1, 0.15) is 0 Å². The van der Waals surface area contributed by atoms with Gasteiger partial charge < -0.3 is 14.1 Å². The molecule has 0 saturated carbocycles. The van der Waals surface area contributed by atoms with Gasteiger partial charge in [0.2, 0.25) is 0 Å². The second-order valence-corrected chi connectivity index (χ2v) is 12.7. The van der Waals surface area contributed by atoms with Crippen molar-refractivity contribution >= 4 is 20.1 Å². The molecule has 0 fully saturated rings. The maximum absolute atomic E-state index is 12.2. The Morgan fingerprint density at radius 2 is 1.83 bits per heavy atom. The first-order valence-electron chi connectivity index (χ1n) is 7.63. The van der Waals surface area contributed by atoms with Gasteiger partial charge in [0, 0.05) is 12.3 Å². The van der Waals surface area contributed by atoms with Crippen molar-refractivity contribution in [2.24, 2.45) is 0 Å². The van der Waals surface area contributed by atoms with Crippen molar-refractivity contribution in [2.45, 2.75) is 58.3 Å². The molecule has 2 N–H and O–H groups in total. The molecule has 0 unspecified atom stereocenters. The Morgan fingerprint density at radius 1 is 1.26 bits per heavy atom. The molecule has 0 aromatic carbocycles. The highest BCUT2D eigenvalue weighted by atomic mass is 28.4. The minimum Gasteiger partial charge on any atom is -0.465 e. The summed E-state index contributed by atoms with van der Waals surface area (Å²) >= 11 is 0. The smallest absolute Gasteiger partial charge is 0.409 e. The van der Waals surface area contributed by atoms with Crippen LogP contribution in [0, 0.1) is 0 Å². The second-order valence-electron chi connectivity index (χ2n) is 7.92. The molecule has 1 amide bonds. The summed E-state index contributed by atoms with van der Waals surface area (Å²) in [7, 11) is -1.93. The Hall–Kier alpha value is -1.60. The third kappa shape index (κ3) is 4.94. The fourth-order valence-electron chi connectivity index (χ4n) is 1.80. The number of aromatic nitrogens is 1. The fourth-order valence-corrected chi connectivity index (χ4v) is 2.95. The predicted octanol–water partition coefficient (Wildman–Crippen LogP) is 3.70. The van der Waals surface area contributed by atoms with E-state index in [0.717, 1.165) is 0 Å². The van der Waals surface area contributed by atoms with E-state index in [0.29, 0.717) is 12.3 Å². The molecular weight excluding hydrogens is 312 g/mol. The van der Waals surface area contributed by atoms with E-state index in [4.69, 9.17) is 9.53 Å². The summed E-state index contributed by atoms with van der Waals surface area (Å²) in [6.07, 6.45) is 0.358. The summed E-state index contributed by atoms with van der Waals surface area (Å²) < 4.78 is 7.75. The third-order valence-electron chi connectivity index (χ3n) is 4.41. The van der Waals surface area contributed by atoms with Gasteiger partial charge in [0.05, 0.1) is 17.8 Å². The van der Waals surface area contributed by atoms with Crippen LogP contribution >= 0.6 is 0 Å². The van der Waals surface area contributed by atoms with Crippen molar-refractivity contribution in [3.63, 3.8) is 0 Å². The van der Waals surface area contributed by atoms with Crippen molar-refractivity contribution < 1.29 is 14.3 Å². The molecule has 6 nitrogen and oxygen atoms in total. The molecule has 1 heterocycles. The molecule has 0 atom stereocenters. The molecule has 1 aromatic heterocycles. The van der Waals surface area contributed by atoms with Crippen LogP contribution in [0.2, 0.25) is 18.1 Å². The predicted molar refractivity (Wildman–Crippen MR) is 94.8 cm³/mol. The maximum atomic E-state index is 12.2. The Labute approximate surface area is 138 Å². The minimum atomic E-state index is -1.93. The standard InChI is InChI=1S/C16H28N2O4Si/c1-15(2,3)23(6,7)22-11-16(4,5)18-10-12(17-14(20)21)8-9-13(18)19/h8-10,17H,11H2,1-7H3,(H,20,21). The largest absolute Gasteiger partial charge is 0.465 e. The monoisotopic (exact) mass is 340 g/mol. The third-order valence-corrected chi connectivity index (χ3v) is 8.89. The van der Waals surface area contributed by atoms with Crippen LogP contribution in [0.1, 0.15) is 34.6 Å². The average Bonchev–Trinajstić information content (AvgIpc) is 2.37. The average molecular weight is 340 g/mol. The second kappa shape index (κ2) is 6.49. The number of anilines is 1. The van der Waals surface area contributed by atoms with Gasteiger partial charge in [0.15, 0.2) is 8.32 Å². The van der Waals surface area contributed by atoms with Gasteiger partial charge in [-0.15, -0.1) is 0 Å². The van der Waals surface area contributed by atoms with Gasteiger partial charge in [-0.2, -0.15) is 0 Å². The van der Waals surface area contributed by atoms with Crippen LogP contribution < -0.4 is 10.9 Å². The minimum absolute atomic E-state index is 0.0841. The van der Waals surface area contributed by atoms with Crippen LogP contribution in [0.3, 0.4) is 0 Å². The molecular formula is C16H28N2O4Si. The molecule has 0 spiro atoms. The molecule has 1 rings (SSSR count). The van der Waals surface area contributed by atoms with Gasteiger partial charge in [0.25, 0.3) is 5.56 Å². The number of carbonyl (C=O) groups is 1. The number of nitrogens with one attached hydrogen (secondary N) is 1. The van der Waals surface area contributed by atoms with Crippen LogP contribution in [0.5, 0.6) is 0 Å². The summed E-state index contributed by atoms with van der Waals surface area (Å²) in [5.74, 6) is 0. The Bertz CT molecular complexity index is 630. The molecule has 23 heavy (non-hydrogen) atoms. The zero-order valence-electron chi connectivity index (χ0n) is 15.1. The van der Waals surface area contributed by atoms with E-state index >= 15 is 0 Å². The lowest BCUT2D eigenvalue weighted by atomic mass is 10.1. The van der Waals surface area contributed by atoms with Gasteiger partial charge >= 0.3 is 6.09 Å². The van der Waals surface area contributed by atoms with Crippen molar-refractivity contribution in [1.82, 2.24) is 4.57 Å². The zero-order valence-corrected chi connectivity index (χ0v) is 16.1. The number of pyridine rings is 1. The maximum Gasteiger partial charge on any atom is 0.409 e. The van der Waals surface area contributed by atoms with Crippen LogP contribution in [0.25, 0.3) is 0 Å². The normalized spacial score (nSPS) is 13.0. The molecule has 0 radical (unpaired) electrons. The lowest BCUT2D eigenvalue weighted by Gasteiger charge is -2.39. The molecule has 1 aromatic rings. The van der Waals surface area contributed by atoms with Gasteiger partial charge in [-0.1, -0.05) is 20.8 Å². The summed E-state index contributed by atoms with van der Waals surface area (Å²) in [4.78, 5) is 22.9. The summed E-state index contributed by atoms with van der Waals surface area (Å²) in [5.41, 5.74) is -0.412. The molecule has 0 aliphatic heterocycles. The van der Waals surface area contributed by atoms with Crippen molar-refractivity contribution in [1.29, 1.82) is 0 Å². The van der Waals surface area contributed by atoms with E-state index in [1.54, 1.807) is 0 Å². The Kier molecular flexibility index (Phi) is 5.48. The van der Waals surface area contributed by atoms with E-state index in [1.165, 1.54) is 22.9 Å². The zero-order chi connectivity index (χ0) is 18.1. The first kappa shape index (κ1) is 19.4. The summed E-state index contributed by atoms with van der Waals surface area (Å²) in [5, 5.41) is 11.2. The van der Waals surface area contributed by atoms with Crippen molar-refractivity contribution in [3.8, 4) is 0 Å². The number of nitrogens with zero attached hydrogens (tertiary/aromatic N) is 1. The highest BCUT2D eigenvalue weighted by molar-refractivity contribution is 6.74. The quantitative estimate of drug-likeness (QED) is 0.801. The number of amides is 1. The molecule has 0 aliphatic rings. The van der Waals surface area contributed by atoms with E-state index in [-0.39, 0.29) is 10.6 Å². The molecule has 0 saturated heterocycles. The van der Waals surface area contributed by atoms with Crippen LogP contribution in [-0.4, -0.2) is 30.7 Å². The summed E-state index contributed by atoms with van der Waals surface area (Å²) in [6, 6.07) is 2.82. The number of hydrogen-bond acceptors (Lipinski definition) is 3. The van der Waals surface area contributed by atoms with Crippen molar-refractivity contribution in [2.75, 3.05) is 11.9 Å². The molecule has 0 aliphatic carbocycles. The van der Waals surface area contributed by atoms with Crippen LogP contribution in [0.4, 0.5) is 10.5 Å². The summed E-state index contributed by atoms with van der Waals surface area (Å²) in [6.45, 7) is 15.0. The van der Waals surface area contributed by atoms with Crippen LogP contribution in [0.15, 0.2) is 23.1 Å². The lowest BCUT2D eigenvalue weighted by molar-refractivity contribution is 0.165. The van der Waals surface area contributed by atoms with E-state index < -0.39 is 19.9 Å². The van der Waals surface area contributed by atoms with Gasteiger partial charge in [-0.25, -0.2) is 4.79 Å². The fraction of sp³-hybridized carbons (Fsp3) is 0.625. The number of rotatable bonds is 5. The highest BCUT2D eigenvalue weighted by Crippen LogP contribution is 2.37. The molecule has 0 bridgehead atoms. The van der Waals surface area contributed by atoms with Crippen molar-refractivity contribution in [3.05, 3.63) is 28.7 Å². The van der Waals surface area contributed by atoms with Gasteiger partial charge in [-0.05, 0) is 38.0 Å². The van der Waals surface area contributed by atoms with E-state index in [2.05, 4.69) is 39.2 Å². The number of hydrogen-bond donors (Lipinski definition) is 2. The van der Waals surface area contributed by atoms with Gasteiger partial charge in [-0.3, -0.25) is 10.1 Å². The highest BCUT2D eigenvalue weighted by Gasteiger charge is 2.38. The number of carboxylic acid groups (broad SMARTS) is 1. The van der Waals surface area contributed by atoms with E-state index in [1.807, 2.05) is 13.8 Å². The Morgan fingerprint density at radius 3 is 2.30 bits per heavy atom. The first-order valence-corrected chi connectivity index (χ1v) is 10.5. The van der Waals surface area contributed by atoms with E-state index in [9.17, 15) is 9.59 Å². The first-order chi connectivity index (χ1) is 10.3. The topological polar surface area (TPSA) is 80.6 Å². The molecule has 7 heteroatoms. The Balaban J connectivity index is 3.04. The molecule has 130 valence electrons.